The van der Waals surface area contributed by atoms with Gasteiger partial charge in [0.05, 0.1) is 0 Å². The molecule has 0 aromatic carbocycles. The zero-order chi connectivity index (χ0) is 11.4. The average molecular weight is 223 g/mol. The Morgan fingerprint density at radius 2 is 1.56 bits per heavy atom. The van der Waals surface area contributed by atoms with Crippen molar-refractivity contribution in [3.8, 4) is 0 Å². The number of nitrogens with two attached hydrogens (primary N) is 1. The summed E-state index contributed by atoms with van der Waals surface area (Å²) in [5, 5.41) is 0. The number of hydrogen-bond donors (Lipinski definition) is 1. The lowest BCUT2D eigenvalue weighted by molar-refractivity contribution is -0.131. The normalized spacial score (nSPS) is 26.5. The van der Waals surface area contributed by atoms with Crippen LogP contribution in [0.4, 0.5) is 0 Å². The van der Waals surface area contributed by atoms with Crippen LogP contribution in [0.5, 0.6) is 0 Å². The highest BCUT2D eigenvalue weighted by Crippen LogP contribution is 2.44. The van der Waals surface area contributed by atoms with Crippen molar-refractivity contribution in [2.75, 3.05) is 0 Å². The van der Waals surface area contributed by atoms with Crippen molar-refractivity contribution in [1.29, 1.82) is 0 Å². The Bertz CT molecular complexity index is 237. The van der Waals surface area contributed by atoms with Crippen molar-refractivity contribution in [1.82, 2.24) is 0 Å². The molecule has 92 valence electrons. The van der Waals surface area contributed by atoms with Gasteiger partial charge >= 0.3 is 0 Å². The minimum absolute atomic E-state index is 0.0160. The van der Waals surface area contributed by atoms with E-state index in [1.165, 1.54) is 51.4 Å². The van der Waals surface area contributed by atoms with Crippen LogP contribution in [-0.2, 0) is 4.79 Å². The van der Waals surface area contributed by atoms with E-state index in [9.17, 15) is 4.79 Å². The number of carbonyl (C=O) groups is 1. The van der Waals surface area contributed by atoms with Crippen LogP contribution in [0.1, 0.15) is 70.6 Å². The summed E-state index contributed by atoms with van der Waals surface area (Å²) in [6, 6.07) is 0. The molecule has 2 heteroatoms. The third-order valence-electron chi connectivity index (χ3n) is 4.74. The molecule has 2 nitrogen and oxygen atoms in total. The van der Waals surface area contributed by atoms with Gasteiger partial charge in [0.15, 0.2) is 0 Å². The maximum absolute atomic E-state index is 11.8. The van der Waals surface area contributed by atoms with E-state index >= 15 is 0 Å². The Morgan fingerprint density at radius 1 is 1.00 bits per heavy atom. The van der Waals surface area contributed by atoms with Gasteiger partial charge in [0.2, 0.25) is 5.91 Å². The molecular formula is C14H25NO. The molecule has 0 atom stereocenters. The molecule has 0 unspecified atom stereocenters. The first-order valence-electron chi connectivity index (χ1n) is 7.03. The van der Waals surface area contributed by atoms with Crippen molar-refractivity contribution >= 4 is 5.91 Å². The number of carbonyl (C=O) groups excluding carboxylic acids is 1. The van der Waals surface area contributed by atoms with Gasteiger partial charge in [-0.1, -0.05) is 51.4 Å². The van der Waals surface area contributed by atoms with Gasteiger partial charge in [-0.15, -0.1) is 0 Å². The van der Waals surface area contributed by atoms with Crippen molar-refractivity contribution in [2.24, 2.45) is 17.1 Å². The molecule has 0 aromatic rings. The van der Waals surface area contributed by atoms with E-state index in [4.69, 9.17) is 5.73 Å². The molecule has 0 radical (unpaired) electrons. The van der Waals surface area contributed by atoms with Crippen molar-refractivity contribution in [2.45, 2.75) is 70.6 Å². The molecule has 2 N–H and O–H groups in total. The Hall–Kier alpha value is -0.530. The summed E-state index contributed by atoms with van der Waals surface area (Å²) in [6.07, 6.45) is 13.7. The largest absolute Gasteiger partial charge is 0.369 e. The number of amides is 1. The van der Waals surface area contributed by atoms with Crippen LogP contribution in [0.25, 0.3) is 0 Å². The highest BCUT2D eigenvalue weighted by molar-refractivity contribution is 5.80. The average Bonchev–Trinajstić information content (AvgIpc) is 2.31. The molecular weight excluding hydrogens is 198 g/mol. The van der Waals surface area contributed by atoms with Gasteiger partial charge in [-0.25, -0.2) is 0 Å². The van der Waals surface area contributed by atoms with E-state index < -0.39 is 0 Å². The fraction of sp³-hybridized carbons (Fsp3) is 0.929. The minimum atomic E-state index is -0.125. The molecule has 0 heterocycles. The van der Waals surface area contributed by atoms with Crippen LogP contribution in [0, 0.1) is 11.3 Å². The molecule has 0 aliphatic heterocycles. The first-order valence-corrected chi connectivity index (χ1v) is 7.03. The van der Waals surface area contributed by atoms with Crippen LogP contribution in [-0.4, -0.2) is 5.91 Å². The van der Waals surface area contributed by atoms with Gasteiger partial charge in [-0.05, 0) is 25.2 Å². The zero-order valence-electron chi connectivity index (χ0n) is 10.3. The highest BCUT2D eigenvalue weighted by atomic mass is 16.1. The summed E-state index contributed by atoms with van der Waals surface area (Å²) < 4.78 is 0. The fourth-order valence-corrected chi connectivity index (χ4v) is 3.72. The number of hydrogen-bond acceptors (Lipinski definition) is 1. The predicted octanol–water partition coefficient (Wildman–Crippen LogP) is 3.39. The Morgan fingerprint density at radius 3 is 2.12 bits per heavy atom. The highest BCUT2D eigenvalue weighted by Gasteiger charge is 2.39. The smallest absolute Gasteiger partial charge is 0.223 e. The molecule has 0 saturated heterocycles. The monoisotopic (exact) mass is 223 g/mol. The molecule has 2 saturated carbocycles. The molecule has 2 rings (SSSR count). The lowest BCUT2D eigenvalue weighted by atomic mass is 9.66. The second-order valence-corrected chi connectivity index (χ2v) is 5.91. The van der Waals surface area contributed by atoms with Crippen molar-refractivity contribution < 1.29 is 4.79 Å². The SMILES string of the molecule is NC(=O)C1(CC2CCCCC2)CCCCC1. The lowest BCUT2D eigenvalue weighted by Gasteiger charge is -2.38. The molecule has 2 aliphatic rings. The van der Waals surface area contributed by atoms with E-state index in [0.29, 0.717) is 0 Å². The van der Waals surface area contributed by atoms with Crippen LogP contribution in [0.15, 0.2) is 0 Å². The van der Waals surface area contributed by atoms with Gasteiger partial charge in [0, 0.05) is 5.41 Å². The summed E-state index contributed by atoms with van der Waals surface area (Å²) in [6.45, 7) is 0. The minimum Gasteiger partial charge on any atom is -0.369 e. The quantitative estimate of drug-likeness (QED) is 0.783. The van der Waals surface area contributed by atoms with E-state index in [1.807, 2.05) is 0 Å². The zero-order valence-corrected chi connectivity index (χ0v) is 10.3. The molecule has 0 bridgehead atoms. The van der Waals surface area contributed by atoms with Gasteiger partial charge < -0.3 is 5.73 Å². The van der Waals surface area contributed by atoms with Crippen LogP contribution in [0.3, 0.4) is 0 Å². The summed E-state index contributed by atoms with van der Waals surface area (Å²) in [5.41, 5.74) is 5.56. The summed E-state index contributed by atoms with van der Waals surface area (Å²) in [5.74, 6) is 0.761. The van der Waals surface area contributed by atoms with Gasteiger partial charge in [-0.3, -0.25) is 4.79 Å². The Kier molecular flexibility index (Phi) is 3.88. The second-order valence-electron chi connectivity index (χ2n) is 5.91. The molecule has 16 heavy (non-hydrogen) atoms. The number of rotatable bonds is 3. The topological polar surface area (TPSA) is 43.1 Å². The summed E-state index contributed by atoms with van der Waals surface area (Å²) in [4.78, 5) is 11.8. The maximum Gasteiger partial charge on any atom is 0.223 e. The summed E-state index contributed by atoms with van der Waals surface area (Å²) >= 11 is 0. The molecule has 1 amide bonds. The van der Waals surface area contributed by atoms with E-state index in [-0.39, 0.29) is 11.3 Å². The predicted molar refractivity (Wildman–Crippen MR) is 65.9 cm³/mol. The lowest BCUT2D eigenvalue weighted by Crippen LogP contribution is -2.40. The first kappa shape index (κ1) is 11.9. The molecule has 2 aliphatic carbocycles. The Labute approximate surface area is 99.0 Å². The van der Waals surface area contributed by atoms with E-state index in [2.05, 4.69) is 0 Å². The van der Waals surface area contributed by atoms with E-state index in [0.717, 1.165) is 25.2 Å². The van der Waals surface area contributed by atoms with Crippen molar-refractivity contribution in [3.05, 3.63) is 0 Å². The Balaban J connectivity index is 1.98. The third kappa shape index (κ3) is 2.58. The van der Waals surface area contributed by atoms with Gasteiger partial charge in [0.25, 0.3) is 0 Å². The third-order valence-corrected chi connectivity index (χ3v) is 4.74. The molecule has 0 spiro atoms. The maximum atomic E-state index is 11.8. The van der Waals surface area contributed by atoms with Crippen LogP contribution in [0.2, 0.25) is 0 Å². The fourth-order valence-electron chi connectivity index (χ4n) is 3.72. The van der Waals surface area contributed by atoms with Crippen LogP contribution >= 0.6 is 0 Å². The standard InChI is InChI=1S/C14H25NO/c15-13(16)14(9-5-2-6-10-14)11-12-7-3-1-4-8-12/h12H,1-11H2,(H2,15,16). The van der Waals surface area contributed by atoms with Gasteiger partial charge in [0.1, 0.15) is 0 Å². The first-order chi connectivity index (χ1) is 7.73. The van der Waals surface area contributed by atoms with Gasteiger partial charge in [-0.2, -0.15) is 0 Å². The molecule has 0 aromatic heterocycles. The second kappa shape index (κ2) is 5.20. The van der Waals surface area contributed by atoms with E-state index in [1.54, 1.807) is 0 Å². The summed E-state index contributed by atoms with van der Waals surface area (Å²) in [7, 11) is 0. The van der Waals surface area contributed by atoms with Crippen LogP contribution < -0.4 is 5.73 Å². The van der Waals surface area contributed by atoms with Crippen molar-refractivity contribution in [3.63, 3.8) is 0 Å². The number of primary amides is 1. The molecule has 2 fully saturated rings.